The van der Waals surface area contributed by atoms with Gasteiger partial charge in [0.1, 0.15) is 0 Å². The van der Waals surface area contributed by atoms with Crippen molar-refractivity contribution >= 4 is 5.91 Å². The second-order valence-corrected chi connectivity index (χ2v) is 5.54. The van der Waals surface area contributed by atoms with E-state index in [4.69, 9.17) is 9.84 Å². The molecule has 6 nitrogen and oxygen atoms in total. The van der Waals surface area contributed by atoms with Crippen molar-refractivity contribution < 1.29 is 47.3 Å². The van der Waals surface area contributed by atoms with Crippen LogP contribution in [-0.2, 0) is 42.2 Å². The molecule has 2 rings (SSSR count). The number of amides is 1. The molecule has 1 amide bonds. The first-order valence-electron chi connectivity index (χ1n) is 8.70. The first kappa shape index (κ1) is 23.4. The van der Waals surface area contributed by atoms with Crippen LogP contribution in [0.3, 0.4) is 0 Å². The maximum absolute atomic E-state index is 12.2. The van der Waals surface area contributed by atoms with E-state index < -0.39 is 0 Å². The number of aliphatic hydroxyl groups is 1. The van der Waals surface area contributed by atoms with Crippen LogP contribution in [0, 0.1) is 0 Å². The van der Waals surface area contributed by atoms with Gasteiger partial charge < -0.3 is 14.7 Å². The molecule has 0 spiro atoms. The average molecular weight is 404 g/mol. The number of hydrogen-bond acceptors (Lipinski definition) is 5. The molecular formula is C16H33N3O3Y. The number of carbonyl (C=O) groups is 1. The summed E-state index contributed by atoms with van der Waals surface area (Å²) in [4.78, 5) is 18.8. The topological polar surface area (TPSA) is 56.2 Å². The van der Waals surface area contributed by atoms with Gasteiger partial charge in [-0.05, 0) is 19.4 Å². The van der Waals surface area contributed by atoms with Gasteiger partial charge in [-0.3, -0.25) is 14.6 Å². The number of unbranched alkanes of at least 4 members (excludes halogenated alkanes) is 1. The van der Waals surface area contributed by atoms with Crippen molar-refractivity contribution in [1.82, 2.24) is 14.7 Å². The van der Waals surface area contributed by atoms with Gasteiger partial charge in [0.05, 0.1) is 19.8 Å². The van der Waals surface area contributed by atoms with Crippen molar-refractivity contribution in [2.24, 2.45) is 0 Å². The van der Waals surface area contributed by atoms with Crippen LogP contribution in [0.15, 0.2) is 0 Å². The molecule has 0 aliphatic carbocycles. The maximum atomic E-state index is 12.2. The maximum Gasteiger partial charge on any atom is 0.236 e. The third-order valence-electron chi connectivity index (χ3n) is 4.07. The molecule has 0 saturated carbocycles. The molecule has 7 heteroatoms. The Morgan fingerprint density at radius 2 is 1.57 bits per heavy atom. The fourth-order valence-corrected chi connectivity index (χ4v) is 2.72. The third kappa shape index (κ3) is 9.47. The molecule has 2 saturated heterocycles. The first-order valence-corrected chi connectivity index (χ1v) is 8.70. The Morgan fingerprint density at radius 1 is 0.957 bits per heavy atom. The summed E-state index contributed by atoms with van der Waals surface area (Å²) in [6, 6.07) is 0. The van der Waals surface area contributed by atoms with Crippen molar-refractivity contribution in [3.8, 4) is 0 Å². The molecular weight excluding hydrogens is 371 g/mol. The van der Waals surface area contributed by atoms with E-state index in [2.05, 4.69) is 9.80 Å². The number of rotatable bonds is 6. The Labute approximate surface area is 166 Å². The van der Waals surface area contributed by atoms with E-state index in [0.29, 0.717) is 6.54 Å². The van der Waals surface area contributed by atoms with Gasteiger partial charge >= 0.3 is 0 Å². The number of piperazine rings is 1. The zero-order valence-corrected chi connectivity index (χ0v) is 17.7. The summed E-state index contributed by atoms with van der Waals surface area (Å²) in [6.45, 7) is 12.7. The Bertz CT molecular complexity index is 294. The molecule has 0 unspecified atom stereocenters. The molecule has 2 aliphatic rings. The largest absolute Gasteiger partial charge is 0.396 e. The number of ether oxygens (including phenoxy) is 1. The molecule has 133 valence electrons. The van der Waals surface area contributed by atoms with Gasteiger partial charge in [-0.1, -0.05) is 13.8 Å². The van der Waals surface area contributed by atoms with Gasteiger partial charge in [0, 0.05) is 78.6 Å². The van der Waals surface area contributed by atoms with E-state index in [1.165, 1.54) is 0 Å². The Kier molecular flexibility index (Phi) is 15.0. The van der Waals surface area contributed by atoms with Crippen molar-refractivity contribution in [3.63, 3.8) is 0 Å². The summed E-state index contributed by atoms with van der Waals surface area (Å²) >= 11 is 0. The fourth-order valence-electron chi connectivity index (χ4n) is 2.72. The molecule has 0 bridgehead atoms. The molecule has 2 fully saturated rings. The normalized spacial score (nSPS) is 19.5. The minimum absolute atomic E-state index is 0. The molecule has 0 atom stereocenters. The van der Waals surface area contributed by atoms with E-state index in [1.54, 1.807) is 0 Å². The molecule has 2 aliphatic heterocycles. The van der Waals surface area contributed by atoms with Crippen LogP contribution in [0.2, 0.25) is 0 Å². The summed E-state index contributed by atoms with van der Waals surface area (Å²) in [5, 5.41) is 8.78. The van der Waals surface area contributed by atoms with Crippen molar-refractivity contribution in [2.75, 3.05) is 72.2 Å². The monoisotopic (exact) mass is 404 g/mol. The van der Waals surface area contributed by atoms with Crippen LogP contribution in [0.25, 0.3) is 0 Å². The smallest absolute Gasteiger partial charge is 0.236 e. The van der Waals surface area contributed by atoms with E-state index in [-0.39, 0.29) is 45.2 Å². The van der Waals surface area contributed by atoms with E-state index in [0.717, 1.165) is 71.9 Å². The van der Waals surface area contributed by atoms with Gasteiger partial charge in [0.2, 0.25) is 5.91 Å². The summed E-state index contributed by atoms with van der Waals surface area (Å²) in [6.07, 6.45) is 1.91. The van der Waals surface area contributed by atoms with Gasteiger partial charge in [-0.2, -0.15) is 0 Å². The minimum Gasteiger partial charge on any atom is -0.396 e. The molecule has 1 radical (unpaired) electrons. The SMILES string of the molecule is CC.O=C(CN1CCOCC1)N1CCN(CCCCO)CC1.[Y]. The predicted octanol–water partition coefficient (Wildman–Crippen LogP) is 0.259. The summed E-state index contributed by atoms with van der Waals surface area (Å²) in [7, 11) is 0. The third-order valence-corrected chi connectivity index (χ3v) is 4.07. The number of morpholine rings is 1. The predicted molar refractivity (Wildman–Crippen MR) is 87.9 cm³/mol. The Morgan fingerprint density at radius 3 is 2.13 bits per heavy atom. The van der Waals surface area contributed by atoms with Gasteiger partial charge in [0.15, 0.2) is 0 Å². The second kappa shape index (κ2) is 14.7. The second-order valence-electron chi connectivity index (χ2n) is 5.54. The molecule has 0 aromatic rings. The van der Waals surface area contributed by atoms with Crippen LogP contribution in [0.1, 0.15) is 26.7 Å². The quantitative estimate of drug-likeness (QED) is 0.644. The number of aliphatic hydroxyl groups excluding tert-OH is 1. The van der Waals surface area contributed by atoms with Gasteiger partial charge in [-0.15, -0.1) is 0 Å². The molecule has 0 aromatic heterocycles. The van der Waals surface area contributed by atoms with Gasteiger partial charge in [-0.25, -0.2) is 0 Å². The molecule has 2 heterocycles. The van der Waals surface area contributed by atoms with E-state index in [1.807, 2.05) is 18.7 Å². The minimum atomic E-state index is 0. The standard InChI is InChI=1S/C14H27N3O3.C2H6.Y/c18-10-2-1-3-15-4-6-17(7-5-15)14(19)13-16-8-11-20-12-9-16;1-2;/h18H,1-13H2;1-2H3;. The Balaban J connectivity index is 0.00000155. The summed E-state index contributed by atoms with van der Waals surface area (Å²) in [5.41, 5.74) is 0. The average Bonchev–Trinajstić information content (AvgIpc) is 2.58. The zero-order chi connectivity index (χ0) is 16.2. The van der Waals surface area contributed by atoms with Crippen LogP contribution >= 0.6 is 0 Å². The number of nitrogens with zero attached hydrogens (tertiary/aromatic N) is 3. The van der Waals surface area contributed by atoms with Crippen molar-refractivity contribution in [2.45, 2.75) is 26.7 Å². The van der Waals surface area contributed by atoms with Crippen LogP contribution in [0.4, 0.5) is 0 Å². The molecule has 0 aromatic carbocycles. The van der Waals surface area contributed by atoms with Crippen molar-refractivity contribution in [1.29, 1.82) is 0 Å². The zero-order valence-electron chi connectivity index (χ0n) is 14.9. The first-order chi connectivity index (χ1) is 10.8. The molecule has 23 heavy (non-hydrogen) atoms. The van der Waals surface area contributed by atoms with Gasteiger partial charge in [0.25, 0.3) is 0 Å². The van der Waals surface area contributed by atoms with Crippen LogP contribution < -0.4 is 0 Å². The number of carbonyl (C=O) groups excluding carboxylic acids is 1. The Hall–Kier alpha value is 0.414. The van der Waals surface area contributed by atoms with E-state index in [9.17, 15) is 4.79 Å². The van der Waals surface area contributed by atoms with E-state index >= 15 is 0 Å². The number of hydrogen-bond donors (Lipinski definition) is 1. The van der Waals surface area contributed by atoms with Crippen LogP contribution in [-0.4, -0.2) is 97.9 Å². The van der Waals surface area contributed by atoms with Crippen molar-refractivity contribution in [3.05, 3.63) is 0 Å². The summed E-state index contributed by atoms with van der Waals surface area (Å²) in [5.74, 6) is 0.252. The molecule has 1 N–H and O–H groups in total. The van der Waals surface area contributed by atoms with Crippen LogP contribution in [0.5, 0.6) is 0 Å². The summed E-state index contributed by atoms with van der Waals surface area (Å²) < 4.78 is 5.30. The fraction of sp³-hybridized carbons (Fsp3) is 0.938.